The van der Waals surface area contributed by atoms with E-state index in [-0.39, 0.29) is 17.3 Å². The molecule has 1 aliphatic rings. The van der Waals surface area contributed by atoms with Gasteiger partial charge in [-0.3, -0.25) is 4.79 Å². The molecule has 2 nitrogen and oxygen atoms in total. The lowest BCUT2D eigenvalue weighted by Gasteiger charge is -2.23. The molecule has 1 aromatic rings. The molecule has 0 spiro atoms. The van der Waals surface area contributed by atoms with Crippen molar-refractivity contribution in [2.75, 3.05) is 6.61 Å². The van der Waals surface area contributed by atoms with E-state index in [0.717, 1.165) is 12.8 Å². The van der Waals surface area contributed by atoms with E-state index in [1.165, 1.54) is 11.1 Å². The van der Waals surface area contributed by atoms with E-state index >= 15 is 0 Å². The van der Waals surface area contributed by atoms with Crippen LogP contribution in [0.15, 0.2) is 24.3 Å². The Bertz CT molecular complexity index is 445. The Morgan fingerprint density at radius 1 is 1.26 bits per heavy atom. The molecular weight excluding hydrogens is 236 g/mol. The quantitative estimate of drug-likeness (QED) is 0.747. The maximum Gasteiger partial charge on any atom is 0.309 e. The molecule has 1 aliphatic carbocycles. The lowest BCUT2D eigenvalue weighted by atomic mass is 9.82. The summed E-state index contributed by atoms with van der Waals surface area (Å²) in [5.74, 6) is 0.424. The molecule has 0 aromatic heterocycles. The molecule has 0 saturated heterocycles. The number of carbonyl (C=O) groups excluding carboxylic acids is 1. The molecule has 2 rings (SSSR count). The standard InChI is InChI=1S/C17H24O2/c1-5-17(3,4)13-9-7-12(8-10-13)14-11-15(14)16(18)19-6-2/h7-10,14-15H,5-6,11H2,1-4H3. The number of ether oxygens (including phenoxy) is 1. The lowest BCUT2D eigenvalue weighted by molar-refractivity contribution is -0.144. The third kappa shape index (κ3) is 2.99. The lowest BCUT2D eigenvalue weighted by Crippen LogP contribution is -2.15. The van der Waals surface area contributed by atoms with Crippen molar-refractivity contribution in [1.29, 1.82) is 0 Å². The molecule has 2 heteroatoms. The van der Waals surface area contributed by atoms with E-state index in [2.05, 4.69) is 45.0 Å². The molecule has 19 heavy (non-hydrogen) atoms. The van der Waals surface area contributed by atoms with Crippen LogP contribution in [0.4, 0.5) is 0 Å². The molecule has 1 fully saturated rings. The summed E-state index contributed by atoms with van der Waals surface area (Å²) in [4.78, 5) is 11.6. The van der Waals surface area contributed by atoms with Crippen LogP contribution in [0.3, 0.4) is 0 Å². The highest BCUT2D eigenvalue weighted by Crippen LogP contribution is 2.48. The van der Waals surface area contributed by atoms with Crippen LogP contribution in [-0.4, -0.2) is 12.6 Å². The van der Waals surface area contributed by atoms with Gasteiger partial charge in [0.2, 0.25) is 0 Å². The first-order valence-corrected chi connectivity index (χ1v) is 7.26. The highest BCUT2D eigenvalue weighted by atomic mass is 16.5. The van der Waals surface area contributed by atoms with E-state index in [4.69, 9.17) is 4.74 Å². The molecule has 0 heterocycles. The molecule has 104 valence electrons. The number of esters is 1. The van der Waals surface area contributed by atoms with E-state index in [9.17, 15) is 4.79 Å². The summed E-state index contributed by atoms with van der Waals surface area (Å²) in [5, 5.41) is 0. The molecule has 0 N–H and O–H groups in total. The average molecular weight is 260 g/mol. The number of carbonyl (C=O) groups is 1. The van der Waals surface area contributed by atoms with Gasteiger partial charge in [-0.2, -0.15) is 0 Å². The van der Waals surface area contributed by atoms with Crippen LogP contribution in [-0.2, 0) is 14.9 Å². The van der Waals surface area contributed by atoms with Gasteiger partial charge in [-0.25, -0.2) is 0 Å². The summed E-state index contributed by atoms with van der Waals surface area (Å²) in [6.45, 7) is 9.08. The fourth-order valence-corrected chi connectivity index (χ4v) is 2.46. The Labute approximate surface area is 116 Å². The van der Waals surface area contributed by atoms with Gasteiger partial charge in [0.25, 0.3) is 0 Å². The zero-order chi connectivity index (χ0) is 14.0. The van der Waals surface area contributed by atoms with Crippen molar-refractivity contribution in [3.05, 3.63) is 35.4 Å². The molecule has 0 radical (unpaired) electrons. The summed E-state index contributed by atoms with van der Waals surface area (Å²) >= 11 is 0. The first-order chi connectivity index (χ1) is 8.99. The normalized spacial score (nSPS) is 22.1. The van der Waals surface area contributed by atoms with Crippen LogP contribution in [0.5, 0.6) is 0 Å². The van der Waals surface area contributed by atoms with Gasteiger partial charge in [-0.05, 0) is 42.2 Å². The van der Waals surface area contributed by atoms with E-state index in [1.807, 2.05) is 6.92 Å². The Morgan fingerprint density at radius 3 is 2.42 bits per heavy atom. The Balaban J connectivity index is 2.03. The van der Waals surface area contributed by atoms with Crippen LogP contribution in [0.2, 0.25) is 0 Å². The van der Waals surface area contributed by atoms with E-state index < -0.39 is 0 Å². The largest absolute Gasteiger partial charge is 0.466 e. The van der Waals surface area contributed by atoms with Crippen LogP contribution in [0.1, 0.15) is 57.6 Å². The minimum atomic E-state index is -0.0366. The maximum absolute atomic E-state index is 11.6. The third-order valence-electron chi connectivity index (χ3n) is 4.38. The van der Waals surface area contributed by atoms with Crippen molar-refractivity contribution in [2.45, 2.75) is 51.9 Å². The van der Waals surface area contributed by atoms with Gasteiger partial charge in [-0.15, -0.1) is 0 Å². The molecule has 0 aliphatic heterocycles. The average Bonchev–Trinajstić information content (AvgIpc) is 3.19. The van der Waals surface area contributed by atoms with Crippen LogP contribution >= 0.6 is 0 Å². The highest BCUT2D eigenvalue weighted by Gasteiger charge is 2.45. The van der Waals surface area contributed by atoms with Crippen molar-refractivity contribution >= 4 is 5.97 Å². The van der Waals surface area contributed by atoms with Gasteiger partial charge < -0.3 is 4.74 Å². The summed E-state index contributed by atoms with van der Waals surface area (Å²) < 4.78 is 5.07. The Kier molecular flexibility index (Phi) is 3.98. The number of benzene rings is 1. The Hall–Kier alpha value is -1.31. The number of hydrogen-bond acceptors (Lipinski definition) is 2. The predicted molar refractivity (Wildman–Crippen MR) is 77.2 cm³/mol. The maximum atomic E-state index is 11.6. The van der Waals surface area contributed by atoms with Gasteiger partial charge in [0, 0.05) is 0 Å². The topological polar surface area (TPSA) is 26.3 Å². The third-order valence-corrected chi connectivity index (χ3v) is 4.38. The van der Waals surface area contributed by atoms with Crippen LogP contribution < -0.4 is 0 Å². The highest BCUT2D eigenvalue weighted by molar-refractivity contribution is 5.77. The molecule has 2 atom stereocenters. The van der Waals surface area contributed by atoms with Gasteiger partial charge in [0.1, 0.15) is 0 Å². The molecule has 1 aromatic carbocycles. The summed E-state index contributed by atoms with van der Waals surface area (Å²) in [6.07, 6.45) is 2.07. The van der Waals surface area contributed by atoms with E-state index in [0.29, 0.717) is 12.5 Å². The van der Waals surface area contributed by atoms with Crippen molar-refractivity contribution in [3.63, 3.8) is 0 Å². The second kappa shape index (κ2) is 5.36. The molecule has 2 unspecified atom stereocenters. The summed E-state index contributed by atoms with van der Waals surface area (Å²) in [6, 6.07) is 8.77. The number of hydrogen-bond donors (Lipinski definition) is 0. The fraction of sp³-hybridized carbons (Fsp3) is 0.588. The summed E-state index contributed by atoms with van der Waals surface area (Å²) in [7, 11) is 0. The fourth-order valence-electron chi connectivity index (χ4n) is 2.46. The molecule has 0 bridgehead atoms. The smallest absolute Gasteiger partial charge is 0.309 e. The van der Waals surface area contributed by atoms with Crippen molar-refractivity contribution in [3.8, 4) is 0 Å². The van der Waals surface area contributed by atoms with Crippen LogP contribution in [0, 0.1) is 5.92 Å². The Morgan fingerprint density at radius 2 is 1.89 bits per heavy atom. The van der Waals surface area contributed by atoms with Crippen molar-refractivity contribution in [2.24, 2.45) is 5.92 Å². The zero-order valence-corrected chi connectivity index (χ0v) is 12.4. The van der Waals surface area contributed by atoms with Crippen molar-refractivity contribution in [1.82, 2.24) is 0 Å². The zero-order valence-electron chi connectivity index (χ0n) is 12.4. The number of rotatable bonds is 5. The van der Waals surface area contributed by atoms with Crippen LogP contribution in [0.25, 0.3) is 0 Å². The predicted octanol–water partition coefficient (Wildman–Crippen LogP) is 4.04. The van der Waals surface area contributed by atoms with Gasteiger partial charge >= 0.3 is 5.97 Å². The first-order valence-electron chi connectivity index (χ1n) is 7.26. The monoisotopic (exact) mass is 260 g/mol. The molecule has 1 saturated carbocycles. The second-order valence-corrected chi connectivity index (χ2v) is 6.06. The minimum absolute atomic E-state index is 0.0366. The molecular formula is C17H24O2. The van der Waals surface area contributed by atoms with Gasteiger partial charge in [0.15, 0.2) is 0 Å². The first kappa shape index (κ1) is 14.1. The molecule has 0 amide bonds. The SMILES string of the molecule is CCOC(=O)C1CC1c1ccc(C(C)(C)CC)cc1. The summed E-state index contributed by atoms with van der Waals surface area (Å²) in [5.41, 5.74) is 2.86. The van der Waals surface area contributed by atoms with Gasteiger partial charge in [0.05, 0.1) is 12.5 Å². The second-order valence-electron chi connectivity index (χ2n) is 6.06. The van der Waals surface area contributed by atoms with Gasteiger partial charge in [-0.1, -0.05) is 45.0 Å². The van der Waals surface area contributed by atoms with E-state index in [1.54, 1.807) is 0 Å². The minimum Gasteiger partial charge on any atom is -0.466 e. The van der Waals surface area contributed by atoms with Crippen molar-refractivity contribution < 1.29 is 9.53 Å².